The summed E-state index contributed by atoms with van der Waals surface area (Å²) in [5.41, 5.74) is 0. The highest BCUT2D eigenvalue weighted by molar-refractivity contribution is 4.93. The van der Waals surface area contributed by atoms with E-state index in [-0.39, 0.29) is 0 Å². The number of hydrogen-bond donors (Lipinski definition) is 0. The summed E-state index contributed by atoms with van der Waals surface area (Å²) in [4.78, 5) is 7.62. The van der Waals surface area contributed by atoms with Gasteiger partial charge in [0, 0.05) is 38.3 Å². The molecule has 3 heteroatoms. The van der Waals surface area contributed by atoms with Gasteiger partial charge in [0.25, 0.3) is 0 Å². The van der Waals surface area contributed by atoms with E-state index in [1.165, 1.54) is 45.6 Å². The Morgan fingerprint density at radius 1 is 1.13 bits per heavy atom. The van der Waals surface area contributed by atoms with Gasteiger partial charge in [0.15, 0.2) is 0 Å². The van der Waals surface area contributed by atoms with Crippen molar-refractivity contribution in [1.82, 2.24) is 14.7 Å². The van der Waals surface area contributed by atoms with Crippen LogP contribution in [0.4, 0.5) is 0 Å². The molecule has 0 N–H and O–H groups in total. The second-order valence-electron chi connectivity index (χ2n) is 5.19. The lowest BCUT2D eigenvalue weighted by molar-refractivity contribution is 0.0189. The first-order valence-electron chi connectivity index (χ1n) is 6.33. The maximum atomic E-state index is 2.69. The van der Waals surface area contributed by atoms with E-state index in [1.807, 2.05) is 0 Å². The number of piperazine rings is 1. The Balaban J connectivity index is 1.70. The SMILES string of the molecule is CCN(C)C1CC(N2CCN(C)CC2)C1. The van der Waals surface area contributed by atoms with Crippen molar-refractivity contribution >= 4 is 0 Å². The lowest BCUT2D eigenvalue weighted by Crippen LogP contribution is -2.57. The van der Waals surface area contributed by atoms with Crippen molar-refractivity contribution in [2.24, 2.45) is 0 Å². The molecule has 0 aromatic carbocycles. The Morgan fingerprint density at radius 3 is 2.27 bits per heavy atom. The van der Waals surface area contributed by atoms with E-state index in [9.17, 15) is 0 Å². The van der Waals surface area contributed by atoms with Gasteiger partial charge in [0.2, 0.25) is 0 Å². The van der Waals surface area contributed by atoms with Gasteiger partial charge < -0.3 is 9.80 Å². The number of likely N-dealkylation sites (N-methyl/N-ethyl adjacent to an activating group) is 1. The Morgan fingerprint density at radius 2 is 1.73 bits per heavy atom. The van der Waals surface area contributed by atoms with Crippen molar-refractivity contribution in [3.05, 3.63) is 0 Å². The van der Waals surface area contributed by atoms with E-state index in [1.54, 1.807) is 0 Å². The van der Waals surface area contributed by atoms with Gasteiger partial charge in [-0.15, -0.1) is 0 Å². The van der Waals surface area contributed by atoms with Crippen LogP contribution in [0.3, 0.4) is 0 Å². The van der Waals surface area contributed by atoms with Gasteiger partial charge in [-0.1, -0.05) is 6.92 Å². The normalized spacial score (nSPS) is 34.4. The Labute approximate surface area is 94.0 Å². The molecule has 2 aliphatic rings. The molecule has 0 unspecified atom stereocenters. The average Bonchev–Trinajstić information content (AvgIpc) is 2.18. The topological polar surface area (TPSA) is 9.72 Å². The smallest absolute Gasteiger partial charge is 0.0126 e. The molecule has 0 radical (unpaired) electrons. The van der Waals surface area contributed by atoms with Crippen LogP contribution in [-0.2, 0) is 0 Å². The van der Waals surface area contributed by atoms with Crippen molar-refractivity contribution in [2.45, 2.75) is 31.8 Å². The van der Waals surface area contributed by atoms with Gasteiger partial charge in [0.05, 0.1) is 0 Å². The van der Waals surface area contributed by atoms with Crippen molar-refractivity contribution in [3.8, 4) is 0 Å². The Hall–Kier alpha value is -0.120. The number of rotatable bonds is 3. The highest BCUT2D eigenvalue weighted by atomic mass is 15.3. The molecule has 0 spiro atoms. The maximum absolute atomic E-state index is 2.69. The molecule has 88 valence electrons. The zero-order chi connectivity index (χ0) is 10.8. The zero-order valence-electron chi connectivity index (χ0n) is 10.4. The van der Waals surface area contributed by atoms with Crippen LogP contribution in [0.15, 0.2) is 0 Å². The molecular weight excluding hydrogens is 186 g/mol. The van der Waals surface area contributed by atoms with Crippen LogP contribution in [0.2, 0.25) is 0 Å². The van der Waals surface area contributed by atoms with Crippen molar-refractivity contribution in [2.75, 3.05) is 46.8 Å². The van der Waals surface area contributed by atoms with Crippen molar-refractivity contribution in [3.63, 3.8) is 0 Å². The molecule has 0 amide bonds. The highest BCUT2D eigenvalue weighted by Gasteiger charge is 2.35. The molecule has 3 nitrogen and oxygen atoms in total. The summed E-state index contributed by atoms with van der Waals surface area (Å²) >= 11 is 0. The van der Waals surface area contributed by atoms with Crippen LogP contribution in [0.1, 0.15) is 19.8 Å². The molecule has 0 aromatic rings. The lowest BCUT2D eigenvalue weighted by Gasteiger charge is -2.48. The predicted molar refractivity (Wildman–Crippen MR) is 64.2 cm³/mol. The van der Waals surface area contributed by atoms with Gasteiger partial charge in [-0.3, -0.25) is 4.90 Å². The maximum Gasteiger partial charge on any atom is 0.0126 e. The number of nitrogens with zero attached hydrogens (tertiary/aromatic N) is 3. The van der Waals surface area contributed by atoms with Crippen LogP contribution in [0.5, 0.6) is 0 Å². The molecule has 1 aliphatic heterocycles. The highest BCUT2D eigenvalue weighted by Crippen LogP contribution is 2.29. The third-order valence-corrected chi connectivity index (χ3v) is 4.26. The lowest BCUT2D eigenvalue weighted by atomic mass is 9.84. The summed E-state index contributed by atoms with van der Waals surface area (Å²) in [5, 5.41) is 0. The Kier molecular flexibility index (Phi) is 3.65. The van der Waals surface area contributed by atoms with Crippen LogP contribution >= 0.6 is 0 Å². The molecule has 0 atom stereocenters. The molecule has 1 heterocycles. The zero-order valence-corrected chi connectivity index (χ0v) is 10.4. The van der Waals surface area contributed by atoms with E-state index >= 15 is 0 Å². The first kappa shape index (κ1) is 11.4. The molecule has 1 saturated heterocycles. The van der Waals surface area contributed by atoms with E-state index in [0.717, 1.165) is 12.1 Å². The summed E-state index contributed by atoms with van der Waals surface area (Å²) in [6.45, 7) is 8.52. The van der Waals surface area contributed by atoms with Gasteiger partial charge in [-0.25, -0.2) is 0 Å². The van der Waals surface area contributed by atoms with Crippen LogP contribution in [0.25, 0.3) is 0 Å². The molecule has 1 aliphatic carbocycles. The van der Waals surface area contributed by atoms with Gasteiger partial charge >= 0.3 is 0 Å². The van der Waals surface area contributed by atoms with Crippen LogP contribution < -0.4 is 0 Å². The first-order chi connectivity index (χ1) is 7.20. The molecule has 2 rings (SSSR count). The molecule has 15 heavy (non-hydrogen) atoms. The second kappa shape index (κ2) is 4.81. The molecule has 0 aromatic heterocycles. The fraction of sp³-hybridized carbons (Fsp3) is 1.00. The molecule has 2 fully saturated rings. The van der Waals surface area contributed by atoms with Gasteiger partial charge in [-0.05, 0) is 33.5 Å². The largest absolute Gasteiger partial charge is 0.304 e. The van der Waals surface area contributed by atoms with Crippen LogP contribution in [-0.4, -0.2) is 73.6 Å². The third-order valence-electron chi connectivity index (χ3n) is 4.26. The third kappa shape index (κ3) is 2.52. The number of hydrogen-bond acceptors (Lipinski definition) is 3. The summed E-state index contributed by atoms with van der Waals surface area (Å²) in [5.74, 6) is 0. The molecular formula is C12H25N3. The van der Waals surface area contributed by atoms with Gasteiger partial charge in [-0.2, -0.15) is 0 Å². The first-order valence-corrected chi connectivity index (χ1v) is 6.33. The van der Waals surface area contributed by atoms with E-state index < -0.39 is 0 Å². The second-order valence-corrected chi connectivity index (χ2v) is 5.19. The van der Waals surface area contributed by atoms with Gasteiger partial charge in [0.1, 0.15) is 0 Å². The Bertz CT molecular complexity index is 193. The van der Waals surface area contributed by atoms with E-state index in [0.29, 0.717) is 0 Å². The monoisotopic (exact) mass is 211 g/mol. The van der Waals surface area contributed by atoms with E-state index in [2.05, 4.69) is 35.7 Å². The van der Waals surface area contributed by atoms with Crippen molar-refractivity contribution < 1.29 is 0 Å². The standard InChI is InChI=1S/C12H25N3/c1-4-14(3)11-9-12(10-11)15-7-5-13(2)6-8-15/h11-12H,4-10H2,1-3H3. The van der Waals surface area contributed by atoms with E-state index in [4.69, 9.17) is 0 Å². The quantitative estimate of drug-likeness (QED) is 0.681. The van der Waals surface area contributed by atoms with Crippen LogP contribution in [0, 0.1) is 0 Å². The fourth-order valence-corrected chi connectivity index (χ4v) is 2.66. The summed E-state index contributed by atoms with van der Waals surface area (Å²) in [7, 11) is 4.48. The fourth-order valence-electron chi connectivity index (χ4n) is 2.66. The van der Waals surface area contributed by atoms with Crippen molar-refractivity contribution in [1.29, 1.82) is 0 Å². The average molecular weight is 211 g/mol. The minimum atomic E-state index is 0.861. The summed E-state index contributed by atoms with van der Waals surface area (Å²) < 4.78 is 0. The minimum Gasteiger partial charge on any atom is -0.304 e. The minimum absolute atomic E-state index is 0.861. The molecule has 0 bridgehead atoms. The molecule has 1 saturated carbocycles. The predicted octanol–water partition coefficient (Wildman–Crippen LogP) is 0.717. The summed E-state index contributed by atoms with van der Waals surface area (Å²) in [6, 6.07) is 1.75. The summed E-state index contributed by atoms with van der Waals surface area (Å²) in [6.07, 6.45) is 2.79.